The zero-order valence-electron chi connectivity index (χ0n) is 13.5. The van der Waals surface area contributed by atoms with E-state index in [-0.39, 0.29) is 17.5 Å². The zero-order valence-corrected chi connectivity index (χ0v) is 13.5. The summed E-state index contributed by atoms with van der Waals surface area (Å²) in [5.41, 5.74) is 2.46. The summed E-state index contributed by atoms with van der Waals surface area (Å²) in [7, 11) is 0. The quantitative estimate of drug-likeness (QED) is 0.806. The van der Waals surface area contributed by atoms with Gasteiger partial charge in [0.15, 0.2) is 0 Å². The number of hydrogen-bond acceptors (Lipinski definition) is 2. The molecule has 3 nitrogen and oxygen atoms in total. The van der Waals surface area contributed by atoms with Gasteiger partial charge in [0.25, 0.3) is 0 Å². The molecule has 1 aliphatic heterocycles. The predicted octanol–water partition coefficient (Wildman–Crippen LogP) is 3.90. The van der Waals surface area contributed by atoms with Gasteiger partial charge in [-0.25, -0.2) is 0 Å². The molecule has 0 spiro atoms. The molecule has 1 aliphatic rings. The van der Waals surface area contributed by atoms with Crippen molar-refractivity contribution in [2.45, 2.75) is 40.2 Å². The second-order valence-electron chi connectivity index (χ2n) is 5.73. The molecule has 116 valence electrons. The Balaban J connectivity index is 0.000000545. The van der Waals surface area contributed by atoms with E-state index in [1.807, 2.05) is 47.0 Å². The number of benzene rings is 1. The van der Waals surface area contributed by atoms with E-state index in [4.69, 9.17) is 0 Å². The summed E-state index contributed by atoms with van der Waals surface area (Å²) in [6.45, 7) is 6.50. The molecule has 1 unspecified atom stereocenters. The van der Waals surface area contributed by atoms with Gasteiger partial charge in [0.05, 0.1) is 5.69 Å². The molecule has 2 heterocycles. The van der Waals surface area contributed by atoms with Gasteiger partial charge in [0.1, 0.15) is 5.78 Å². The fourth-order valence-electron chi connectivity index (χ4n) is 2.65. The lowest BCUT2D eigenvalue weighted by atomic mass is 10.0. The number of fused-ring (bicyclic) bond motifs is 1. The van der Waals surface area contributed by atoms with Crippen molar-refractivity contribution < 1.29 is 9.59 Å². The SMILES string of the molecule is CC(=O)C1Cc2ccc(C(=O)c3ccccc3)n2C1.CCC. The highest BCUT2D eigenvalue weighted by atomic mass is 16.1. The summed E-state index contributed by atoms with van der Waals surface area (Å²) < 4.78 is 1.99. The van der Waals surface area contributed by atoms with Crippen LogP contribution >= 0.6 is 0 Å². The molecular formula is C19H23NO2. The average molecular weight is 297 g/mol. The molecule has 1 aromatic heterocycles. The van der Waals surface area contributed by atoms with Gasteiger partial charge in [-0.05, 0) is 25.5 Å². The number of carbonyl (C=O) groups excluding carboxylic acids is 2. The first-order valence-corrected chi connectivity index (χ1v) is 7.87. The largest absolute Gasteiger partial charge is 0.341 e. The first kappa shape index (κ1) is 16.2. The van der Waals surface area contributed by atoms with Crippen molar-refractivity contribution in [3.8, 4) is 0 Å². The van der Waals surface area contributed by atoms with E-state index in [0.29, 0.717) is 17.8 Å². The van der Waals surface area contributed by atoms with E-state index in [0.717, 1.165) is 12.1 Å². The van der Waals surface area contributed by atoms with Crippen LogP contribution in [0.4, 0.5) is 0 Å². The van der Waals surface area contributed by atoms with Crippen molar-refractivity contribution in [2.24, 2.45) is 5.92 Å². The maximum absolute atomic E-state index is 12.4. The number of Topliss-reactive ketones (excluding diaryl/α,β-unsaturated/α-hetero) is 1. The lowest BCUT2D eigenvalue weighted by Crippen LogP contribution is -2.15. The first-order valence-electron chi connectivity index (χ1n) is 7.87. The number of carbonyl (C=O) groups is 2. The summed E-state index contributed by atoms with van der Waals surface area (Å²) in [5.74, 6) is 0.247. The number of aromatic nitrogens is 1. The molecule has 0 saturated heterocycles. The standard InChI is InChI=1S/C16H15NO2.C3H8/c1-11(18)13-9-14-7-8-15(17(14)10-13)16(19)12-5-3-2-4-6-12;1-3-2/h2-8,13H,9-10H2,1H3;3H2,1-2H3. The maximum Gasteiger partial charge on any atom is 0.209 e. The van der Waals surface area contributed by atoms with Gasteiger partial charge >= 0.3 is 0 Å². The summed E-state index contributed by atoms with van der Waals surface area (Å²) in [4.78, 5) is 23.9. The minimum absolute atomic E-state index is 0.0241. The van der Waals surface area contributed by atoms with Crippen molar-refractivity contribution in [1.29, 1.82) is 0 Å². The highest BCUT2D eigenvalue weighted by molar-refractivity contribution is 6.08. The Bertz CT molecular complexity index is 655. The van der Waals surface area contributed by atoms with Crippen LogP contribution in [0.1, 0.15) is 48.9 Å². The molecule has 1 atom stereocenters. The van der Waals surface area contributed by atoms with E-state index < -0.39 is 0 Å². The highest BCUT2D eigenvalue weighted by Gasteiger charge is 2.28. The molecule has 22 heavy (non-hydrogen) atoms. The second-order valence-corrected chi connectivity index (χ2v) is 5.73. The average Bonchev–Trinajstić information content (AvgIpc) is 3.08. The molecule has 0 bridgehead atoms. The van der Waals surface area contributed by atoms with Gasteiger partial charge in [0, 0.05) is 23.7 Å². The summed E-state index contributed by atoms with van der Waals surface area (Å²) in [5, 5.41) is 0. The molecule has 3 rings (SSSR count). The van der Waals surface area contributed by atoms with Gasteiger partial charge in [0.2, 0.25) is 5.78 Å². The Morgan fingerprint density at radius 1 is 1.09 bits per heavy atom. The maximum atomic E-state index is 12.4. The van der Waals surface area contributed by atoms with Gasteiger partial charge in [-0.2, -0.15) is 0 Å². The van der Waals surface area contributed by atoms with Crippen LogP contribution in [0.2, 0.25) is 0 Å². The van der Waals surface area contributed by atoms with E-state index in [9.17, 15) is 9.59 Å². The Morgan fingerprint density at radius 2 is 1.73 bits per heavy atom. The molecule has 0 radical (unpaired) electrons. The van der Waals surface area contributed by atoms with E-state index in [2.05, 4.69) is 13.8 Å². The van der Waals surface area contributed by atoms with Gasteiger partial charge in [-0.3, -0.25) is 9.59 Å². The Hall–Kier alpha value is -2.16. The Kier molecular flexibility index (Phi) is 5.31. The van der Waals surface area contributed by atoms with Crippen LogP contribution in [0, 0.1) is 5.92 Å². The van der Waals surface area contributed by atoms with Crippen molar-refractivity contribution in [2.75, 3.05) is 0 Å². The topological polar surface area (TPSA) is 39.1 Å². The number of nitrogens with zero attached hydrogens (tertiary/aromatic N) is 1. The van der Waals surface area contributed by atoms with Gasteiger partial charge < -0.3 is 4.57 Å². The predicted molar refractivity (Wildman–Crippen MR) is 88.1 cm³/mol. The Labute approximate surface area is 132 Å². The molecule has 1 aromatic carbocycles. The summed E-state index contributed by atoms with van der Waals surface area (Å²) >= 11 is 0. The molecule has 0 aliphatic carbocycles. The molecule has 2 aromatic rings. The van der Waals surface area contributed by atoms with Crippen LogP contribution < -0.4 is 0 Å². The first-order chi connectivity index (χ1) is 10.6. The van der Waals surface area contributed by atoms with Crippen LogP contribution in [0.3, 0.4) is 0 Å². The monoisotopic (exact) mass is 297 g/mol. The summed E-state index contributed by atoms with van der Waals surface area (Å²) in [6, 6.07) is 13.1. The third-order valence-corrected chi connectivity index (χ3v) is 3.77. The lowest BCUT2D eigenvalue weighted by molar-refractivity contribution is -0.120. The smallest absolute Gasteiger partial charge is 0.209 e. The Morgan fingerprint density at radius 3 is 2.32 bits per heavy atom. The van der Waals surface area contributed by atoms with E-state index in [1.165, 1.54) is 6.42 Å². The molecule has 3 heteroatoms. The van der Waals surface area contributed by atoms with Crippen LogP contribution in [-0.2, 0) is 17.8 Å². The fourth-order valence-corrected chi connectivity index (χ4v) is 2.65. The van der Waals surface area contributed by atoms with Crippen LogP contribution in [0.25, 0.3) is 0 Å². The number of hydrogen-bond donors (Lipinski definition) is 0. The van der Waals surface area contributed by atoms with Crippen molar-refractivity contribution >= 4 is 11.6 Å². The molecule has 0 amide bonds. The van der Waals surface area contributed by atoms with Crippen molar-refractivity contribution in [3.63, 3.8) is 0 Å². The molecular weight excluding hydrogens is 274 g/mol. The van der Waals surface area contributed by atoms with E-state index in [1.54, 1.807) is 6.92 Å². The van der Waals surface area contributed by atoms with Crippen LogP contribution in [0.15, 0.2) is 42.5 Å². The zero-order chi connectivity index (χ0) is 16.1. The van der Waals surface area contributed by atoms with Crippen LogP contribution in [0.5, 0.6) is 0 Å². The third-order valence-electron chi connectivity index (χ3n) is 3.77. The third kappa shape index (κ3) is 3.35. The van der Waals surface area contributed by atoms with Crippen LogP contribution in [-0.4, -0.2) is 16.1 Å². The highest BCUT2D eigenvalue weighted by Crippen LogP contribution is 2.25. The molecule has 0 fully saturated rings. The minimum Gasteiger partial charge on any atom is -0.341 e. The van der Waals surface area contributed by atoms with E-state index >= 15 is 0 Å². The van der Waals surface area contributed by atoms with Crippen molar-refractivity contribution in [3.05, 3.63) is 59.4 Å². The molecule has 0 saturated carbocycles. The fraction of sp³-hybridized carbons (Fsp3) is 0.368. The van der Waals surface area contributed by atoms with Gasteiger partial charge in [-0.15, -0.1) is 0 Å². The normalized spacial score (nSPS) is 15.7. The minimum atomic E-state index is 0.0241. The number of rotatable bonds is 3. The van der Waals surface area contributed by atoms with Gasteiger partial charge in [-0.1, -0.05) is 50.6 Å². The second kappa shape index (κ2) is 7.21. The number of ketones is 2. The summed E-state index contributed by atoms with van der Waals surface area (Å²) in [6.07, 6.45) is 2.00. The lowest BCUT2D eigenvalue weighted by Gasteiger charge is -2.07. The van der Waals surface area contributed by atoms with Crippen molar-refractivity contribution in [1.82, 2.24) is 4.57 Å². The molecule has 0 N–H and O–H groups in total.